The molecule has 2 aromatic carbocycles. The molecular weight excluding hydrogens is 464 g/mol. The summed E-state index contributed by atoms with van der Waals surface area (Å²) in [6.07, 6.45) is 0.683. The number of morpholine rings is 1. The second-order valence-corrected chi connectivity index (χ2v) is 8.80. The van der Waals surface area contributed by atoms with Crippen molar-refractivity contribution in [3.05, 3.63) is 53.6 Å². The predicted molar refractivity (Wildman–Crippen MR) is 132 cm³/mol. The fourth-order valence-corrected chi connectivity index (χ4v) is 4.86. The van der Waals surface area contributed by atoms with Crippen LogP contribution < -0.4 is 14.2 Å². The van der Waals surface area contributed by atoms with Gasteiger partial charge in [0.1, 0.15) is 11.7 Å². The molecule has 2 unspecified atom stereocenters. The molecule has 36 heavy (non-hydrogen) atoms. The molecule has 1 amide bonds. The van der Waals surface area contributed by atoms with Crippen LogP contribution in [0.25, 0.3) is 0 Å². The lowest BCUT2D eigenvalue weighted by molar-refractivity contribution is -0.140. The molecule has 0 saturated carbocycles. The normalized spacial score (nSPS) is 20.5. The van der Waals surface area contributed by atoms with Gasteiger partial charge >= 0.3 is 0 Å². The lowest BCUT2D eigenvalue weighted by atomic mass is 9.86. The average Bonchev–Trinajstić information content (AvgIpc) is 3.18. The first-order chi connectivity index (χ1) is 17.5. The Morgan fingerprint density at radius 3 is 2.25 bits per heavy atom. The molecule has 2 heterocycles. The van der Waals surface area contributed by atoms with Crippen molar-refractivity contribution in [3.63, 3.8) is 0 Å². The van der Waals surface area contributed by atoms with Crippen molar-refractivity contribution >= 4 is 17.5 Å². The molecule has 2 saturated heterocycles. The maximum atomic E-state index is 13.7. The smallest absolute Gasteiger partial charge is 0.291 e. The third-order valence-corrected chi connectivity index (χ3v) is 6.79. The number of rotatable bonds is 10. The third-order valence-electron chi connectivity index (χ3n) is 6.79. The van der Waals surface area contributed by atoms with Gasteiger partial charge in [0.05, 0.1) is 40.6 Å². The average molecular weight is 497 g/mol. The van der Waals surface area contributed by atoms with Gasteiger partial charge in [0, 0.05) is 31.7 Å². The van der Waals surface area contributed by atoms with E-state index in [1.54, 1.807) is 54.5 Å². The zero-order valence-corrected chi connectivity index (χ0v) is 20.9. The van der Waals surface area contributed by atoms with Crippen molar-refractivity contribution in [2.75, 3.05) is 60.7 Å². The van der Waals surface area contributed by atoms with E-state index in [-0.39, 0.29) is 5.56 Å². The minimum atomic E-state index is -1.16. The minimum absolute atomic E-state index is 0.285. The number of amides is 1. The highest BCUT2D eigenvalue weighted by atomic mass is 16.5. The zero-order chi connectivity index (χ0) is 25.7. The number of carbonyl (C=O) groups excluding carboxylic acids is 3. The summed E-state index contributed by atoms with van der Waals surface area (Å²) in [4.78, 5) is 44.0. The van der Waals surface area contributed by atoms with Crippen LogP contribution in [0.3, 0.4) is 0 Å². The quantitative estimate of drug-likeness (QED) is 0.281. The topological polar surface area (TPSA) is 94.6 Å². The van der Waals surface area contributed by atoms with E-state index in [0.29, 0.717) is 49.0 Å². The van der Waals surface area contributed by atoms with Crippen LogP contribution in [-0.2, 0) is 14.3 Å². The van der Waals surface area contributed by atoms with Crippen LogP contribution >= 0.6 is 0 Å². The molecule has 2 atom stereocenters. The second kappa shape index (κ2) is 11.5. The molecule has 2 aliphatic rings. The Kier molecular flexibility index (Phi) is 8.22. The van der Waals surface area contributed by atoms with Gasteiger partial charge in [-0.15, -0.1) is 0 Å². The van der Waals surface area contributed by atoms with E-state index in [1.165, 1.54) is 14.2 Å². The van der Waals surface area contributed by atoms with Crippen LogP contribution in [0.5, 0.6) is 17.2 Å². The number of carbonyl (C=O) groups is 3. The summed E-state index contributed by atoms with van der Waals surface area (Å²) in [7, 11) is 4.55. The lowest BCUT2D eigenvalue weighted by Gasteiger charge is -2.30. The summed E-state index contributed by atoms with van der Waals surface area (Å²) < 4.78 is 21.3. The maximum Gasteiger partial charge on any atom is 0.291 e. The van der Waals surface area contributed by atoms with Gasteiger partial charge in [-0.25, -0.2) is 0 Å². The summed E-state index contributed by atoms with van der Waals surface area (Å²) in [5, 5.41) is 0. The molecule has 9 nitrogen and oxygen atoms in total. The lowest BCUT2D eigenvalue weighted by Crippen LogP contribution is -2.39. The Morgan fingerprint density at radius 2 is 1.61 bits per heavy atom. The molecule has 4 rings (SSSR count). The van der Waals surface area contributed by atoms with Gasteiger partial charge in [-0.3, -0.25) is 19.3 Å². The van der Waals surface area contributed by atoms with Gasteiger partial charge in [0.25, 0.3) is 5.91 Å². The Labute approximate surface area is 210 Å². The molecule has 2 fully saturated rings. The summed E-state index contributed by atoms with van der Waals surface area (Å²) in [5.41, 5.74) is 0.993. The summed E-state index contributed by atoms with van der Waals surface area (Å²) in [6, 6.07) is 11.2. The van der Waals surface area contributed by atoms with Crippen LogP contribution in [0.2, 0.25) is 0 Å². The summed E-state index contributed by atoms with van der Waals surface area (Å²) in [6.45, 7) is 4.22. The monoisotopic (exact) mass is 496 g/mol. The minimum Gasteiger partial charge on any atom is -0.497 e. The van der Waals surface area contributed by atoms with Crippen molar-refractivity contribution in [1.82, 2.24) is 9.80 Å². The summed E-state index contributed by atoms with van der Waals surface area (Å²) in [5.74, 6) is -1.41. The molecule has 0 spiro atoms. The first-order valence-electron chi connectivity index (χ1n) is 12.0. The highest BCUT2D eigenvalue weighted by Crippen LogP contribution is 2.40. The van der Waals surface area contributed by atoms with Gasteiger partial charge in [-0.1, -0.05) is 12.1 Å². The second-order valence-electron chi connectivity index (χ2n) is 8.80. The van der Waals surface area contributed by atoms with Crippen molar-refractivity contribution in [2.24, 2.45) is 5.92 Å². The number of Topliss-reactive ketones (excluding diaryl/α,β-unsaturated/α-hetero) is 2. The van der Waals surface area contributed by atoms with E-state index in [1.807, 2.05) is 0 Å². The molecule has 9 heteroatoms. The highest BCUT2D eigenvalue weighted by molar-refractivity contribution is 6.44. The van der Waals surface area contributed by atoms with Gasteiger partial charge in [-0.2, -0.15) is 0 Å². The van der Waals surface area contributed by atoms with Crippen molar-refractivity contribution < 1.29 is 33.3 Å². The molecule has 2 aliphatic heterocycles. The Balaban J connectivity index is 1.63. The largest absolute Gasteiger partial charge is 0.497 e. The van der Waals surface area contributed by atoms with E-state index in [9.17, 15) is 14.4 Å². The summed E-state index contributed by atoms with van der Waals surface area (Å²) >= 11 is 0. The van der Waals surface area contributed by atoms with Crippen LogP contribution in [0.1, 0.15) is 28.4 Å². The number of hydrogen-bond acceptors (Lipinski definition) is 8. The van der Waals surface area contributed by atoms with Gasteiger partial charge in [0.15, 0.2) is 17.3 Å². The van der Waals surface area contributed by atoms with E-state index >= 15 is 0 Å². The van der Waals surface area contributed by atoms with Crippen molar-refractivity contribution in [2.45, 2.75) is 12.5 Å². The van der Waals surface area contributed by atoms with Crippen LogP contribution in [0.15, 0.2) is 42.5 Å². The zero-order valence-electron chi connectivity index (χ0n) is 20.9. The van der Waals surface area contributed by atoms with Crippen LogP contribution in [-0.4, -0.2) is 88.0 Å². The van der Waals surface area contributed by atoms with E-state index in [4.69, 9.17) is 18.9 Å². The molecule has 2 aromatic rings. The standard InChI is InChI=1S/C27H32N2O7/c1-33-20-8-5-18(6-9-20)24-23(25(30)19-7-10-21(34-2)22(17-19)35-3)26(31)27(32)29(24)12-4-11-28-13-15-36-16-14-28/h5-10,17,23-24H,4,11-16H2,1-3H3. The predicted octanol–water partition coefficient (Wildman–Crippen LogP) is 2.39. The number of methoxy groups -OCH3 is 3. The highest BCUT2D eigenvalue weighted by Gasteiger charge is 2.51. The first kappa shape index (κ1) is 25.7. The number of nitrogens with zero attached hydrogens (tertiary/aromatic N) is 2. The van der Waals surface area contributed by atoms with Crippen molar-refractivity contribution in [1.29, 1.82) is 0 Å². The Morgan fingerprint density at radius 1 is 0.917 bits per heavy atom. The Bertz CT molecular complexity index is 1100. The first-order valence-corrected chi connectivity index (χ1v) is 12.0. The van der Waals surface area contributed by atoms with Gasteiger partial charge < -0.3 is 23.8 Å². The number of ketones is 2. The molecule has 0 aliphatic carbocycles. The number of benzene rings is 2. The molecular formula is C27H32N2O7. The Hall–Kier alpha value is -3.43. The van der Waals surface area contributed by atoms with Crippen LogP contribution in [0, 0.1) is 5.92 Å². The van der Waals surface area contributed by atoms with E-state index < -0.39 is 29.4 Å². The van der Waals surface area contributed by atoms with Crippen LogP contribution in [0.4, 0.5) is 0 Å². The number of hydrogen-bond donors (Lipinski definition) is 0. The number of ether oxygens (including phenoxy) is 4. The molecule has 0 radical (unpaired) electrons. The molecule has 0 N–H and O–H groups in total. The molecule has 0 bridgehead atoms. The fourth-order valence-electron chi connectivity index (χ4n) is 4.86. The third kappa shape index (κ3) is 5.22. The SMILES string of the molecule is COc1ccc(C2C(C(=O)c3ccc(OC)c(OC)c3)C(=O)C(=O)N2CCCN2CCOCC2)cc1. The van der Waals surface area contributed by atoms with E-state index in [0.717, 1.165) is 19.6 Å². The van der Waals surface area contributed by atoms with Gasteiger partial charge in [0.2, 0.25) is 5.78 Å². The maximum absolute atomic E-state index is 13.7. The molecule has 192 valence electrons. The van der Waals surface area contributed by atoms with E-state index in [2.05, 4.69) is 4.90 Å². The molecule has 0 aromatic heterocycles. The fraction of sp³-hybridized carbons (Fsp3) is 0.444. The van der Waals surface area contributed by atoms with Crippen molar-refractivity contribution in [3.8, 4) is 17.2 Å². The number of likely N-dealkylation sites (tertiary alicyclic amines) is 1. The van der Waals surface area contributed by atoms with Gasteiger partial charge in [-0.05, 0) is 42.3 Å².